The average molecular weight is 400 g/mol. The van der Waals surface area contributed by atoms with Gasteiger partial charge in [-0.05, 0) is 50.1 Å². The van der Waals surface area contributed by atoms with Crippen LogP contribution in [0.25, 0.3) is 11.5 Å². The molecule has 1 aliphatic heterocycles. The number of urea groups is 1. The summed E-state index contributed by atoms with van der Waals surface area (Å²) in [6.45, 7) is 5.65. The van der Waals surface area contributed by atoms with Crippen molar-refractivity contribution < 1.29 is 14.0 Å². The van der Waals surface area contributed by atoms with Crippen molar-refractivity contribution in [3.63, 3.8) is 0 Å². The first-order valence-electron chi connectivity index (χ1n) is 9.48. The number of rotatable bonds is 4. The summed E-state index contributed by atoms with van der Waals surface area (Å²) in [7, 11) is 0. The molecule has 0 aliphatic carbocycles. The van der Waals surface area contributed by atoms with Gasteiger partial charge in [0.2, 0.25) is 5.89 Å². The van der Waals surface area contributed by atoms with E-state index in [2.05, 4.69) is 10.3 Å². The Balaban J connectivity index is 1.57. The van der Waals surface area contributed by atoms with E-state index in [1.54, 1.807) is 31.2 Å². The lowest BCUT2D eigenvalue weighted by atomic mass is 9.91. The topological polar surface area (TPSA) is 99.2 Å². The van der Waals surface area contributed by atoms with Crippen molar-refractivity contribution in [1.29, 1.82) is 5.26 Å². The lowest BCUT2D eigenvalue weighted by molar-refractivity contribution is -0.131. The van der Waals surface area contributed by atoms with Crippen molar-refractivity contribution >= 4 is 11.9 Å². The molecule has 7 nitrogen and oxygen atoms in total. The van der Waals surface area contributed by atoms with E-state index >= 15 is 0 Å². The SMILES string of the molecule is Cc1ccc(-c2nc(CN3C(=O)N[C@](C)(c4ccc(C#N)cc4)C3=O)co2)c(C)c1. The van der Waals surface area contributed by atoms with Crippen LogP contribution in [0, 0.1) is 25.2 Å². The maximum Gasteiger partial charge on any atom is 0.325 e. The summed E-state index contributed by atoms with van der Waals surface area (Å²) in [6, 6.07) is 14.1. The Hall–Kier alpha value is -3.92. The minimum Gasteiger partial charge on any atom is -0.444 e. The predicted molar refractivity (Wildman–Crippen MR) is 109 cm³/mol. The van der Waals surface area contributed by atoms with Crippen LogP contribution in [0.5, 0.6) is 0 Å². The molecule has 0 saturated carbocycles. The van der Waals surface area contributed by atoms with Crippen LogP contribution in [0.2, 0.25) is 0 Å². The molecule has 30 heavy (non-hydrogen) atoms. The highest BCUT2D eigenvalue weighted by molar-refractivity contribution is 6.07. The smallest absolute Gasteiger partial charge is 0.325 e. The van der Waals surface area contributed by atoms with Gasteiger partial charge in [-0.2, -0.15) is 5.26 Å². The molecule has 1 aliphatic rings. The fraction of sp³-hybridized carbons (Fsp3) is 0.217. The Morgan fingerprint density at radius 3 is 2.57 bits per heavy atom. The molecular formula is C23H20N4O3. The first kappa shape index (κ1) is 19.4. The highest BCUT2D eigenvalue weighted by Gasteiger charge is 2.49. The normalized spacial score (nSPS) is 18.4. The second-order valence-corrected chi connectivity index (χ2v) is 7.60. The maximum atomic E-state index is 13.1. The first-order valence-corrected chi connectivity index (χ1v) is 9.48. The molecule has 0 radical (unpaired) electrons. The Bertz CT molecular complexity index is 1190. The third-order valence-corrected chi connectivity index (χ3v) is 5.35. The summed E-state index contributed by atoms with van der Waals surface area (Å²) in [5, 5.41) is 11.7. The van der Waals surface area contributed by atoms with Gasteiger partial charge in [0.05, 0.1) is 23.9 Å². The lowest BCUT2D eigenvalue weighted by Gasteiger charge is -2.22. The average Bonchev–Trinajstić information content (AvgIpc) is 3.27. The van der Waals surface area contributed by atoms with Gasteiger partial charge in [-0.3, -0.25) is 9.69 Å². The highest BCUT2D eigenvalue weighted by atomic mass is 16.3. The molecule has 2 heterocycles. The number of nitriles is 1. The minimum atomic E-state index is -1.20. The number of carbonyl (C=O) groups is 2. The van der Waals surface area contributed by atoms with Crippen LogP contribution in [0.3, 0.4) is 0 Å². The van der Waals surface area contributed by atoms with Gasteiger partial charge in [-0.1, -0.05) is 29.8 Å². The molecule has 2 aromatic carbocycles. The van der Waals surface area contributed by atoms with Gasteiger partial charge in [-0.15, -0.1) is 0 Å². The van der Waals surface area contributed by atoms with Crippen molar-refractivity contribution in [3.05, 3.63) is 76.7 Å². The zero-order chi connectivity index (χ0) is 21.5. The number of nitrogens with zero attached hydrogens (tertiary/aromatic N) is 3. The summed E-state index contributed by atoms with van der Waals surface area (Å²) < 4.78 is 5.60. The van der Waals surface area contributed by atoms with Crippen LogP contribution in [0.1, 0.15) is 34.9 Å². The summed E-state index contributed by atoms with van der Waals surface area (Å²) in [6.07, 6.45) is 1.46. The van der Waals surface area contributed by atoms with Gasteiger partial charge in [-0.25, -0.2) is 9.78 Å². The van der Waals surface area contributed by atoms with E-state index in [-0.39, 0.29) is 12.5 Å². The van der Waals surface area contributed by atoms with E-state index in [9.17, 15) is 9.59 Å². The van der Waals surface area contributed by atoms with Gasteiger partial charge in [0.25, 0.3) is 5.91 Å². The fourth-order valence-corrected chi connectivity index (χ4v) is 3.63. The van der Waals surface area contributed by atoms with E-state index in [1.807, 2.05) is 38.1 Å². The maximum absolute atomic E-state index is 13.1. The van der Waals surface area contributed by atoms with Gasteiger partial charge in [0.15, 0.2) is 0 Å². The van der Waals surface area contributed by atoms with Crippen molar-refractivity contribution in [1.82, 2.24) is 15.2 Å². The van der Waals surface area contributed by atoms with E-state index in [0.29, 0.717) is 22.7 Å². The van der Waals surface area contributed by atoms with Crippen molar-refractivity contribution in [2.24, 2.45) is 0 Å². The molecule has 3 amide bonds. The number of oxazole rings is 1. The lowest BCUT2D eigenvalue weighted by Crippen LogP contribution is -2.40. The Morgan fingerprint density at radius 2 is 1.90 bits per heavy atom. The molecule has 150 valence electrons. The number of aryl methyl sites for hydroxylation is 2. The van der Waals surface area contributed by atoms with Crippen LogP contribution in [-0.2, 0) is 16.9 Å². The van der Waals surface area contributed by atoms with Crippen LogP contribution in [0.15, 0.2) is 53.1 Å². The van der Waals surface area contributed by atoms with Gasteiger partial charge >= 0.3 is 6.03 Å². The summed E-state index contributed by atoms with van der Waals surface area (Å²) in [4.78, 5) is 31.2. The predicted octanol–water partition coefficient (Wildman–Crippen LogP) is 3.80. The van der Waals surface area contributed by atoms with E-state index < -0.39 is 11.6 Å². The molecule has 1 atom stereocenters. The zero-order valence-electron chi connectivity index (χ0n) is 16.9. The molecule has 1 saturated heterocycles. The van der Waals surface area contributed by atoms with E-state index in [1.165, 1.54) is 6.26 Å². The third-order valence-electron chi connectivity index (χ3n) is 5.35. The summed E-state index contributed by atoms with van der Waals surface area (Å²) >= 11 is 0. The van der Waals surface area contributed by atoms with E-state index in [0.717, 1.165) is 21.6 Å². The molecule has 1 fully saturated rings. The van der Waals surface area contributed by atoms with Gasteiger partial charge < -0.3 is 9.73 Å². The number of aromatic nitrogens is 1. The largest absolute Gasteiger partial charge is 0.444 e. The Morgan fingerprint density at radius 1 is 1.17 bits per heavy atom. The molecule has 0 bridgehead atoms. The van der Waals surface area contributed by atoms with Gasteiger partial charge in [0.1, 0.15) is 11.8 Å². The third kappa shape index (κ3) is 3.22. The highest BCUT2D eigenvalue weighted by Crippen LogP contribution is 2.30. The Labute approximate surface area is 173 Å². The first-order chi connectivity index (χ1) is 14.3. The standard InChI is InChI=1S/C23H20N4O3/c1-14-4-9-19(15(2)10-14)20-25-18(13-30-20)12-27-21(28)23(3,26-22(27)29)17-7-5-16(11-24)6-8-17/h4-10,13H,12H2,1-3H3,(H,26,29)/t23-/m1/s1. The van der Waals surface area contributed by atoms with Crippen LogP contribution >= 0.6 is 0 Å². The molecule has 4 rings (SSSR count). The molecule has 1 aromatic heterocycles. The monoisotopic (exact) mass is 400 g/mol. The number of imide groups is 1. The molecule has 3 aromatic rings. The van der Waals surface area contributed by atoms with Crippen molar-refractivity contribution in [3.8, 4) is 17.5 Å². The minimum absolute atomic E-state index is 0.00491. The number of hydrogen-bond donors (Lipinski definition) is 1. The fourth-order valence-electron chi connectivity index (χ4n) is 3.63. The molecule has 0 spiro atoms. The molecular weight excluding hydrogens is 380 g/mol. The van der Waals surface area contributed by atoms with Crippen molar-refractivity contribution in [2.45, 2.75) is 32.9 Å². The molecule has 1 N–H and O–H groups in total. The number of hydrogen-bond acceptors (Lipinski definition) is 5. The Kier molecular flexibility index (Phi) is 4.63. The number of amides is 3. The zero-order valence-corrected chi connectivity index (χ0v) is 16.9. The summed E-state index contributed by atoms with van der Waals surface area (Å²) in [5.41, 5.74) is 3.42. The van der Waals surface area contributed by atoms with Crippen LogP contribution in [0.4, 0.5) is 4.79 Å². The van der Waals surface area contributed by atoms with Crippen LogP contribution < -0.4 is 5.32 Å². The number of benzene rings is 2. The van der Waals surface area contributed by atoms with Gasteiger partial charge in [0, 0.05) is 5.56 Å². The second kappa shape index (κ2) is 7.16. The van der Waals surface area contributed by atoms with Crippen LogP contribution in [-0.4, -0.2) is 21.8 Å². The molecule has 7 heteroatoms. The van der Waals surface area contributed by atoms with Crippen molar-refractivity contribution in [2.75, 3.05) is 0 Å². The second-order valence-electron chi connectivity index (χ2n) is 7.60. The molecule has 0 unspecified atom stereocenters. The van der Waals surface area contributed by atoms with E-state index in [4.69, 9.17) is 9.68 Å². The summed E-state index contributed by atoms with van der Waals surface area (Å²) in [5.74, 6) is 0.0673. The number of carbonyl (C=O) groups excluding carboxylic acids is 2. The number of nitrogens with one attached hydrogen (secondary N) is 1. The quantitative estimate of drug-likeness (QED) is 0.672.